The predicted molar refractivity (Wildman–Crippen MR) is 117 cm³/mol. The van der Waals surface area contributed by atoms with Crippen LogP contribution < -0.4 is 10.0 Å². The number of carbonyl (C=O) groups is 1. The molecule has 2 aromatic carbocycles. The number of halogens is 2. The number of nitrogens with one attached hydrogen (secondary N) is 2. The van der Waals surface area contributed by atoms with Crippen molar-refractivity contribution in [1.82, 2.24) is 10.3 Å². The van der Waals surface area contributed by atoms with E-state index in [1.54, 1.807) is 4.72 Å². The molecule has 0 bridgehead atoms. The van der Waals surface area contributed by atoms with Gasteiger partial charge in [0.1, 0.15) is 12.0 Å². The highest BCUT2D eigenvalue weighted by Crippen LogP contribution is 2.24. The highest BCUT2D eigenvalue weighted by Gasteiger charge is 2.16. The molecule has 3 rings (SSSR count). The summed E-state index contributed by atoms with van der Waals surface area (Å²) in [6.45, 7) is 4.23. The fourth-order valence-electron chi connectivity index (χ4n) is 3.01. The third-order valence-electron chi connectivity index (χ3n) is 4.63. The molecule has 1 aromatic heterocycles. The zero-order valence-electron chi connectivity index (χ0n) is 17.8. The molecule has 0 spiro atoms. The van der Waals surface area contributed by atoms with E-state index in [9.17, 15) is 22.0 Å². The third kappa shape index (κ3) is 5.91. The molecule has 0 fully saturated rings. The molecule has 1 amide bonds. The van der Waals surface area contributed by atoms with Crippen molar-refractivity contribution in [3.63, 3.8) is 0 Å². The van der Waals surface area contributed by atoms with E-state index < -0.39 is 33.3 Å². The third-order valence-corrected chi connectivity index (χ3v) is 5.20. The fourth-order valence-corrected chi connectivity index (χ4v) is 3.57. The number of sulfonamides is 1. The Morgan fingerprint density at radius 1 is 1.16 bits per heavy atom. The minimum absolute atomic E-state index is 0.0833. The Bertz CT molecular complexity index is 1220. The van der Waals surface area contributed by atoms with Crippen LogP contribution in [0.2, 0.25) is 0 Å². The molecule has 0 aliphatic heterocycles. The lowest BCUT2D eigenvalue weighted by molar-refractivity contribution is 0.0949. The van der Waals surface area contributed by atoms with E-state index in [2.05, 4.69) is 24.1 Å². The lowest BCUT2D eigenvalue weighted by Crippen LogP contribution is -2.26. The number of nitrogens with zero attached hydrogens (tertiary/aromatic N) is 1. The average Bonchev–Trinajstić information content (AvgIpc) is 3.20. The van der Waals surface area contributed by atoms with E-state index in [1.807, 2.05) is 24.3 Å². The van der Waals surface area contributed by atoms with Gasteiger partial charge in [0.2, 0.25) is 15.9 Å². The van der Waals surface area contributed by atoms with Crippen LogP contribution in [0.4, 0.5) is 14.5 Å². The summed E-state index contributed by atoms with van der Waals surface area (Å²) in [4.78, 5) is 16.6. The van der Waals surface area contributed by atoms with Crippen LogP contribution in [0.3, 0.4) is 0 Å². The molecule has 0 radical (unpaired) electrons. The van der Waals surface area contributed by atoms with Crippen molar-refractivity contribution in [2.45, 2.75) is 26.2 Å². The van der Waals surface area contributed by atoms with E-state index in [0.717, 1.165) is 29.5 Å². The summed E-state index contributed by atoms with van der Waals surface area (Å²) in [5.41, 5.74) is 1.47. The van der Waals surface area contributed by atoms with Gasteiger partial charge >= 0.3 is 0 Å². The molecule has 0 unspecified atom stereocenters. The molecule has 3 aromatic rings. The summed E-state index contributed by atoms with van der Waals surface area (Å²) in [5.74, 6) is -1.92. The van der Waals surface area contributed by atoms with Crippen LogP contribution >= 0.6 is 0 Å². The van der Waals surface area contributed by atoms with Crippen LogP contribution in [0.15, 0.2) is 47.1 Å². The number of benzene rings is 2. The van der Waals surface area contributed by atoms with Crippen LogP contribution in [0.25, 0.3) is 11.5 Å². The molecule has 2 N–H and O–H groups in total. The monoisotopic (exact) mass is 463 g/mol. The summed E-state index contributed by atoms with van der Waals surface area (Å²) < 4.78 is 57.8. The molecule has 0 saturated heterocycles. The Hall–Kier alpha value is -3.27. The van der Waals surface area contributed by atoms with Crippen LogP contribution in [-0.2, 0) is 16.4 Å². The smallest absolute Gasteiger partial charge is 0.273 e. The molecule has 0 saturated carbocycles. The second kappa shape index (κ2) is 9.47. The summed E-state index contributed by atoms with van der Waals surface area (Å²) in [6, 6.07) is 9.70. The van der Waals surface area contributed by atoms with Gasteiger partial charge in [0.05, 0.1) is 6.26 Å². The molecule has 0 atom stereocenters. The molecule has 7 nitrogen and oxygen atoms in total. The minimum Gasteiger partial charge on any atom is -0.444 e. The standard InChI is InChI=1S/C22H23F2N3O4S/c1-13(2)15-5-4-6-16(11-15)22-26-19(12-31-22)21(28)25-8-7-14-9-17(23)20(18(24)10-14)27-32(3,29)30/h4-6,9-13,27H,7-8H2,1-3H3,(H,25,28). The average molecular weight is 464 g/mol. The van der Waals surface area contributed by atoms with Crippen LogP contribution in [0.5, 0.6) is 0 Å². The maximum Gasteiger partial charge on any atom is 0.273 e. The largest absolute Gasteiger partial charge is 0.444 e. The SMILES string of the molecule is CC(C)c1cccc(-c2nc(C(=O)NCCc3cc(F)c(NS(C)(=O)=O)c(F)c3)co2)c1. The van der Waals surface area contributed by atoms with E-state index in [4.69, 9.17) is 4.42 Å². The first kappa shape index (κ1) is 23.4. The first-order chi connectivity index (χ1) is 15.0. The van der Waals surface area contributed by atoms with Crippen molar-refractivity contribution >= 4 is 21.6 Å². The number of carbonyl (C=O) groups excluding carboxylic acids is 1. The molecular weight excluding hydrogens is 440 g/mol. The van der Waals surface area contributed by atoms with Gasteiger partial charge in [-0.1, -0.05) is 26.0 Å². The zero-order valence-corrected chi connectivity index (χ0v) is 18.6. The molecule has 170 valence electrons. The van der Waals surface area contributed by atoms with Crippen molar-refractivity contribution in [3.05, 3.63) is 71.1 Å². The van der Waals surface area contributed by atoms with Crippen LogP contribution in [-0.4, -0.2) is 32.1 Å². The molecule has 0 aliphatic rings. The first-order valence-electron chi connectivity index (χ1n) is 9.83. The molecule has 32 heavy (non-hydrogen) atoms. The summed E-state index contributed by atoms with van der Waals surface area (Å²) in [7, 11) is -3.82. The molecule has 1 heterocycles. The number of amides is 1. The quantitative estimate of drug-likeness (QED) is 0.524. The van der Waals surface area contributed by atoms with E-state index in [-0.39, 0.29) is 24.2 Å². The Morgan fingerprint density at radius 3 is 2.47 bits per heavy atom. The second-order valence-electron chi connectivity index (χ2n) is 7.63. The van der Waals surface area contributed by atoms with Gasteiger partial charge in [0.15, 0.2) is 17.3 Å². The van der Waals surface area contributed by atoms with Gasteiger partial charge in [0.25, 0.3) is 5.91 Å². The Kier molecular flexibility index (Phi) is 6.93. The number of hydrogen-bond donors (Lipinski definition) is 2. The van der Waals surface area contributed by atoms with Crippen molar-refractivity contribution < 1.29 is 26.4 Å². The van der Waals surface area contributed by atoms with Crippen molar-refractivity contribution in [1.29, 1.82) is 0 Å². The number of rotatable bonds is 8. The van der Waals surface area contributed by atoms with E-state index >= 15 is 0 Å². The first-order valence-corrected chi connectivity index (χ1v) is 11.7. The summed E-state index contributed by atoms with van der Waals surface area (Å²) in [5, 5.41) is 2.62. The molecule has 10 heteroatoms. The normalized spacial score (nSPS) is 11.6. The topological polar surface area (TPSA) is 101 Å². The lowest BCUT2D eigenvalue weighted by Gasteiger charge is -2.09. The Balaban J connectivity index is 1.62. The van der Waals surface area contributed by atoms with Crippen molar-refractivity contribution in [3.8, 4) is 11.5 Å². The van der Waals surface area contributed by atoms with E-state index in [1.165, 1.54) is 6.26 Å². The van der Waals surface area contributed by atoms with E-state index in [0.29, 0.717) is 11.8 Å². The number of anilines is 1. The van der Waals surface area contributed by atoms with Crippen molar-refractivity contribution in [2.24, 2.45) is 0 Å². The van der Waals surface area contributed by atoms with Gasteiger partial charge < -0.3 is 9.73 Å². The molecule has 0 aliphatic carbocycles. The number of oxazole rings is 1. The number of hydrogen-bond acceptors (Lipinski definition) is 5. The lowest BCUT2D eigenvalue weighted by atomic mass is 10.0. The Morgan fingerprint density at radius 2 is 1.84 bits per heavy atom. The van der Waals surface area contributed by atoms with Gasteiger partial charge in [-0.3, -0.25) is 9.52 Å². The van der Waals surface area contributed by atoms with Gasteiger partial charge in [-0.2, -0.15) is 0 Å². The van der Waals surface area contributed by atoms with Crippen molar-refractivity contribution in [2.75, 3.05) is 17.5 Å². The predicted octanol–water partition coefficient (Wildman–Crippen LogP) is 4.09. The fraction of sp³-hybridized carbons (Fsp3) is 0.273. The summed E-state index contributed by atoms with van der Waals surface area (Å²) >= 11 is 0. The minimum atomic E-state index is -3.82. The zero-order chi connectivity index (χ0) is 23.5. The Labute approximate surface area is 184 Å². The van der Waals surface area contributed by atoms with Gasteiger partial charge in [-0.15, -0.1) is 0 Å². The highest BCUT2D eigenvalue weighted by molar-refractivity contribution is 7.92. The van der Waals surface area contributed by atoms with Crippen LogP contribution in [0, 0.1) is 11.6 Å². The van der Waals surface area contributed by atoms with Gasteiger partial charge in [0, 0.05) is 12.1 Å². The highest BCUT2D eigenvalue weighted by atomic mass is 32.2. The molecular formula is C22H23F2N3O4S. The maximum atomic E-state index is 14.1. The van der Waals surface area contributed by atoms with Crippen LogP contribution in [0.1, 0.15) is 41.4 Å². The van der Waals surface area contributed by atoms with Gasteiger partial charge in [-0.05, 0) is 47.7 Å². The second-order valence-corrected chi connectivity index (χ2v) is 9.38. The maximum absolute atomic E-state index is 14.1. The number of aromatic nitrogens is 1. The summed E-state index contributed by atoms with van der Waals surface area (Å²) in [6.07, 6.45) is 2.17. The van der Waals surface area contributed by atoms with Gasteiger partial charge in [-0.25, -0.2) is 22.2 Å².